The van der Waals surface area contributed by atoms with Crippen molar-refractivity contribution in [3.05, 3.63) is 42.5 Å². The average Bonchev–Trinajstić information content (AvgIpc) is 3.22. The van der Waals surface area contributed by atoms with E-state index >= 15 is 0 Å². The molecule has 0 saturated carbocycles. The number of amides is 2. The molecular weight excluding hydrogens is 372 g/mol. The van der Waals surface area contributed by atoms with Gasteiger partial charge >= 0.3 is 6.03 Å². The second kappa shape index (κ2) is 8.91. The smallest absolute Gasteiger partial charge is 0.319 e. The second-order valence-electron chi connectivity index (χ2n) is 6.98. The van der Waals surface area contributed by atoms with E-state index in [2.05, 4.69) is 32.6 Å². The number of fused-ring (bicyclic) bond motifs is 1. The molecule has 0 bridgehead atoms. The summed E-state index contributed by atoms with van der Waals surface area (Å²) in [7, 11) is 1.68. The lowest BCUT2D eigenvalue weighted by Crippen LogP contribution is -2.48. The van der Waals surface area contributed by atoms with E-state index in [1.165, 1.54) is 5.69 Å². The van der Waals surface area contributed by atoms with Crippen LogP contribution in [0.25, 0.3) is 0 Å². The van der Waals surface area contributed by atoms with Gasteiger partial charge in [0.25, 0.3) is 0 Å². The molecule has 2 heterocycles. The molecule has 1 saturated heterocycles. The van der Waals surface area contributed by atoms with E-state index in [1.54, 1.807) is 25.3 Å². The molecule has 8 nitrogen and oxygen atoms in total. The lowest BCUT2D eigenvalue weighted by atomic mass is 10.2. The molecule has 2 N–H and O–H groups in total. The van der Waals surface area contributed by atoms with Crippen LogP contribution in [0.15, 0.2) is 42.5 Å². The van der Waals surface area contributed by atoms with Gasteiger partial charge in [0.1, 0.15) is 5.75 Å². The van der Waals surface area contributed by atoms with Crippen LogP contribution in [0.5, 0.6) is 17.2 Å². The Morgan fingerprint density at radius 2 is 1.79 bits per heavy atom. The zero-order valence-corrected chi connectivity index (χ0v) is 16.5. The number of ether oxygens (including phenoxy) is 3. The van der Waals surface area contributed by atoms with Crippen LogP contribution in [-0.4, -0.2) is 64.1 Å². The van der Waals surface area contributed by atoms with Gasteiger partial charge in [-0.25, -0.2) is 4.79 Å². The Kier molecular flexibility index (Phi) is 5.90. The summed E-state index contributed by atoms with van der Waals surface area (Å²) >= 11 is 0. The third kappa shape index (κ3) is 4.83. The number of nitrogens with zero attached hydrogens (tertiary/aromatic N) is 2. The number of rotatable bonds is 6. The fourth-order valence-corrected chi connectivity index (χ4v) is 3.50. The maximum Gasteiger partial charge on any atom is 0.319 e. The van der Waals surface area contributed by atoms with E-state index in [0.717, 1.165) is 38.5 Å². The van der Waals surface area contributed by atoms with Crippen LogP contribution in [0.3, 0.4) is 0 Å². The van der Waals surface area contributed by atoms with Crippen LogP contribution in [0.4, 0.5) is 16.2 Å². The second-order valence-corrected chi connectivity index (χ2v) is 6.98. The Morgan fingerprint density at radius 1 is 1.03 bits per heavy atom. The van der Waals surface area contributed by atoms with Gasteiger partial charge in [-0.3, -0.25) is 4.90 Å². The lowest BCUT2D eigenvalue weighted by Gasteiger charge is -2.36. The first kappa shape index (κ1) is 19.2. The molecule has 0 radical (unpaired) electrons. The highest BCUT2D eigenvalue weighted by molar-refractivity contribution is 5.89. The van der Waals surface area contributed by atoms with Crippen LogP contribution in [0, 0.1) is 0 Å². The van der Waals surface area contributed by atoms with Gasteiger partial charge in [-0.15, -0.1) is 0 Å². The topological polar surface area (TPSA) is 75.3 Å². The van der Waals surface area contributed by atoms with E-state index in [-0.39, 0.29) is 12.8 Å². The maximum atomic E-state index is 12.1. The van der Waals surface area contributed by atoms with Crippen molar-refractivity contribution in [1.29, 1.82) is 0 Å². The van der Waals surface area contributed by atoms with Crippen molar-refractivity contribution >= 4 is 17.4 Å². The van der Waals surface area contributed by atoms with Crippen LogP contribution in [-0.2, 0) is 0 Å². The number of nitrogens with one attached hydrogen (secondary N) is 2. The number of methoxy groups -OCH3 is 1. The van der Waals surface area contributed by atoms with Crippen molar-refractivity contribution in [1.82, 2.24) is 10.2 Å². The summed E-state index contributed by atoms with van der Waals surface area (Å²) in [4.78, 5) is 16.8. The van der Waals surface area contributed by atoms with E-state index in [4.69, 9.17) is 14.2 Å². The summed E-state index contributed by atoms with van der Waals surface area (Å²) in [5.74, 6) is 2.22. The fraction of sp³-hybridized carbons (Fsp3) is 0.381. The largest absolute Gasteiger partial charge is 0.497 e. The van der Waals surface area contributed by atoms with Crippen molar-refractivity contribution in [3.63, 3.8) is 0 Å². The van der Waals surface area contributed by atoms with Crippen LogP contribution in [0.2, 0.25) is 0 Å². The number of urea groups is 1. The summed E-state index contributed by atoms with van der Waals surface area (Å²) in [6.07, 6.45) is 0. The summed E-state index contributed by atoms with van der Waals surface area (Å²) in [5.41, 5.74) is 1.89. The van der Waals surface area contributed by atoms with Crippen molar-refractivity contribution in [2.75, 3.05) is 63.4 Å². The Bertz CT molecular complexity index is 835. The molecule has 2 aliphatic rings. The van der Waals surface area contributed by atoms with Gasteiger partial charge in [0, 0.05) is 56.7 Å². The molecule has 0 aromatic heterocycles. The highest BCUT2D eigenvalue weighted by Gasteiger charge is 2.17. The van der Waals surface area contributed by atoms with Gasteiger partial charge in [-0.2, -0.15) is 0 Å². The number of benzene rings is 2. The molecule has 2 amide bonds. The van der Waals surface area contributed by atoms with E-state index in [1.807, 2.05) is 12.1 Å². The average molecular weight is 398 g/mol. The number of piperazine rings is 1. The molecule has 0 unspecified atom stereocenters. The van der Waals surface area contributed by atoms with Crippen LogP contribution >= 0.6 is 0 Å². The number of carbonyl (C=O) groups excluding carboxylic acids is 1. The predicted molar refractivity (Wildman–Crippen MR) is 111 cm³/mol. The van der Waals surface area contributed by atoms with Crippen LogP contribution in [0.1, 0.15) is 0 Å². The summed E-state index contributed by atoms with van der Waals surface area (Å²) in [6, 6.07) is 13.3. The Morgan fingerprint density at radius 3 is 2.55 bits per heavy atom. The Balaban J connectivity index is 1.16. The standard InChI is InChI=1S/C21H26N4O4/c1-27-18-5-3-17(4-6-18)25-12-10-24(11-13-25)9-8-22-21(26)23-16-2-7-19-20(14-16)29-15-28-19/h2-7,14H,8-13,15H2,1H3,(H2,22,23,26). The summed E-state index contributed by atoms with van der Waals surface area (Å²) in [5, 5.41) is 5.74. The summed E-state index contributed by atoms with van der Waals surface area (Å²) < 4.78 is 15.8. The molecule has 2 aromatic rings. The molecule has 0 spiro atoms. The molecule has 4 rings (SSSR count). The predicted octanol–water partition coefficient (Wildman–Crippen LogP) is 2.37. The molecule has 29 heavy (non-hydrogen) atoms. The Labute approximate surface area is 170 Å². The first-order valence-electron chi connectivity index (χ1n) is 9.77. The Hall–Kier alpha value is -3.13. The first-order valence-corrected chi connectivity index (χ1v) is 9.77. The fourth-order valence-electron chi connectivity index (χ4n) is 3.50. The zero-order chi connectivity index (χ0) is 20.1. The molecule has 8 heteroatoms. The highest BCUT2D eigenvalue weighted by atomic mass is 16.7. The molecule has 1 fully saturated rings. The van der Waals surface area contributed by atoms with Gasteiger partial charge in [0.15, 0.2) is 11.5 Å². The molecular formula is C21H26N4O4. The number of hydrogen-bond acceptors (Lipinski definition) is 6. The minimum Gasteiger partial charge on any atom is -0.497 e. The molecule has 2 aliphatic heterocycles. The first-order chi connectivity index (χ1) is 14.2. The number of anilines is 2. The van der Waals surface area contributed by atoms with Crippen LogP contribution < -0.4 is 29.7 Å². The SMILES string of the molecule is COc1ccc(N2CCN(CCNC(=O)Nc3ccc4c(c3)OCO4)CC2)cc1. The van der Waals surface area contributed by atoms with Gasteiger partial charge in [0.05, 0.1) is 7.11 Å². The third-order valence-corrected chi connectivity index (χ3v) is 5.15. The van der Waals surface area contributed by atoms with E-state index in [0.29, 0.717) is 23.7 Å². The van der Waals surface area contributed by atoms with Crippen molar-refractivity contribution < 1.29 is 19.0 Å². The zero-order valence-electron chi connectivity index (χ0n) is 16.5. The number of hydrogen-bond donors (Lipinski definition) is 2. The van der Waals surface area contributed by atoms with E-state index in [9.17, 15) is 4.79 Å². The third-order valence-electron chi connectivity index (χ3n) is 5.15. The molecule has 154 valence electrons. The van der Waals surface area contributed by atoms with Crippen molar-refractivity contribution in [3.8, 4) is 17.2 Å². The molecule has 0 aliphatic carbocycles. The van der Waals surface area contributed by atoms with Gasteiger partial charge < -0.3 is 29.7 Å². The minimum absolute atomic E-state index is 0.219. The van der Waals surface area contributed by atoms with Gasteiger partial charge in [-0.05, 0) is 36.4 Å². The van der Waals surface area contributed by atoms with Crippen molar-refractivity contribution in [2.45, 2.75) is 0 Å². The minimum atomic E-state index is -0.222. The highest BCUT2D eigenvalue weighted by Crippen LogP contribution is 2.34. The molecule has 0 atom stereocenters. The quantitative estimate of drug-likeness (QED) is 0.778. The number of carbonyl (C=O) groups is 1. The maximum absolute atomic E-state index is 12.1. The van der Waals surface area contributed by atoms with Gasteiger partial charge in [0.2, 0.25) is 6.79 Å². The summed E-state index contributed by atoms with van der Waals surface area (Å²) in [6.45, 7) is 5.51. The normalized spacial score (nSPS) is 15.8. The van der Waals surface area contributed by atoms with E-state index < -0.39 is 0 Å². The molecule has 2 aromatic carbocycles. The monoisotopic (exact) mass is 398 g/mol. The van der Waals surface area contributed by atoms with Gasteiger partial charge in [-0.1, -0.05) is 0 Å². The van der Waals surface area contributed by atoms with Crippen molar-refractivity contribution in [2.24, 2.45) is 0 Å². The lowest BCUT2D eigenvalue weighted by molar-refractivity contribution is 0.174.